The van der Waals surface area contributed by atoms with E-state index in [0.717, 1.165) is 17.2 Å². The summed E-state index contributed by atoms with van der Waals surface area (Å²) in [6.45, 7) is 7.88. The average molecular weight is 397 g/mol. The van der Waals surface area contributed by atoms with Gasteiger partial charge in [0.25, 0.3) is 0 Å². The van der Waals surface area contributed by atoms with Crippen LogP contribution in [0.3, 0.4) is 0 Å². The smallest absolute Gasteiger partial charge is 0.153 e. The lowest BCUT2D eigenvalue weighted by Gasteiger charge is -2.10. The first kappa shape index (κ1) is 18.9. The molecule has 128 valence electrons. The molecule has 0 saturated heterocycles. The molecule has 0 saturated carbocycles. The summed E-state index contributed by atoms with van der Waals surface area (Å²) < 4.78 is 6.79. The molecule has 0 aliphatic carbocycles. The Morgan fingerprint density at radius 2 is 1.88 bits per heavy atom. The number of benzene rings is 2. The standard InChI is InChI=1S/C22H21BrO2/c1-4-5-6-21(9-7-18-12-16(2)11-17(3)13-18)25-22-10-8-20(23)14-19(22)15-24/h4-6,8-15H,1,7H2,2-3H3/b6-5-,21-9+. The van der Waals surface area contributed by atoms with Crippen molar-refractivity contribution >= 4 is 22.2 Å². The van der Waals surface area contributed by atoms with Gasteiger partial charge in [0.1, 0.15) is 11.5 Å². The summed E-state index contributed by atoms with van der Waals surface area (Å²) in [5.41, 5.74) is 4.20. The van der Waals surface area contributed by atoms with Crippen molar-refractivity contribution in [2.24, 2.45) is 0 Å². The van der Waals surface area contributed by atoms with E-state index in [1.807, 2.05) is 24.3 Å². The third-order valence-corrected chi connectivity index (χ3v) is 4.04. The molecule has 0 radical (unpaired) electrons. The van der Waals surface area contributed by atoms with Gasteiger partial charge in [-0.1, -0.05) is 64.0 Å². The van der Waals surface area contributed by atoms with Crippen molar-refractivity contribution < 1.29 is 9.53 Å². The Morgan fingerprint density at radius 1 is 1.16 bits per heavy atom. The van der Waals surface area contributed by atoms with Gasteiger partial charge in [-0.2, -0.15) is 0 Å². The maximum absolute atomic E-state index is 11.3. The second-order valence-electron chi connectivity index (χ2n) is 5.80. The van der Waals surface area contributed by atoms with Crippen molar-refractivity contribution in [1.29, 1.82) is 0 Å². The second-order valence-corrected chi connectivity index (χ2v) is 6.72. The van der Waals surface area contributed by atoms with Crippen LogP contribution in [0.2, 0.25) is 0 Å². The van der Waals surface area contributed by atoms with E-state index in [0.29, 0.717) is 17.1 Å². The molecule has 0 unspecified atom stereocenters. The molecule has 25 heavy (non-hydrogen) atoms. The number of halogens is 1. The van der Waals surface area contributed by atoms with Crippen LogP contribution in [0.25, 0.3) is 0 Å². The summed E-state index contributed by atoms with van der Waals surface area (Å²) in [5, 5.41) is 0. The Morgan fingerprint density at radius 3 is 2.52 bits per heavy atom. The SMILES string of the molecule is C=C/C=C\C(=C/Cc1cc(C)cc(C)c1)Oc1ccc(Br)cc1C=O. The van der Waals surface area contributed by atoms with Crippen LogP contribution in [-0.2, 0) is 6.42 Å². The number of carbonyl (C=O) groups excluding carboxylic acids is 1. The van der Waals surface area contributed by atoms with Gasteiger partial charge in [0.2, 0.25) is 0 Å². The zero-order valence-electron chi connectivity index (χ0n) is 14.5. The Balaban J connectivity index is 2.28. The normalized spacial score (nSPS) is 11.6. The lowest BCUT2D eigenvalue weighted by atomic mass is 10.0. The van der Waals surface area contributed by atoms with Crippen LogP contribution in [-0.4, -0.2) is 6.29 Å². The van der Waals surface area contributed by atoms with Gasteiger partial charge in [0.05, 0.1) is 5.56 Å². The molecule has 0 aliphatic heterocycles. The molecule has 2 aromatic carbocycles. The third kappa shape index (κ3) is 5.87. The van der Waals surface area contributed by atoms with Crippen LogP contribution < -0.4 is 4.74 Å². The summed E-state index contributed by atoms with van der Waals surface area (Å²) in [6, 6.07) is 11.8. The molecule has 0 atom stereocenters. The highest BCUT2D eigenvalue weighted by molar-refractivity contribution is 9.10. The number of rotatable bonds is 7. The third-order valence-electron chi connectivity index (χ3n) is 3.54. The van der Waals surface area contributed by atoms with Gasteiger partial charge in [0, 0.05) is 4.47 Å². The van der Waals surface area contributed by atoms with E-state index < -0.39 is 0 Å². The van der Waals surface area contributed by atoms with Crippen molar-refractivity contribution in [3.8, 4) is 5.75 Å². The summed E-state index contributed by atoms with van der Waals surface area (Å²) >= 11 is 3.36. The largest absolute Gasteiger partial charge is 0.457 e. The molecule has 0 aromatic heterocycles. The van der Waals surface area contributed by atoms with Crippen LogP contribution in [0.15, 0.2) is 77.5 Å². The van der Waals surface area contributed by atoms with Gasteiger partial charge >= 0.3 is 0 Å². The highest BCUT2D eigenvalue weighted by atomic mass is 79.9. The zero-order valence-corrected chi connectivity index (χ0v) is 16.0. The summed E-state index contributed by atoms with van der Waals surface area (Å²) in [4.78, 5) is 11.3. The summed E-state index contributed by atoms with van der Waals surface area (Å²) in [7, 11) is 0. The van der Waals surface area contributed by atoms with Gasteiger partial charge in [0.15, 0.2) is 6.29 Å². The van der Waals surface area contributed by atoms with Crippen LogP contribution >= 0.6 is 15.9 Å². The van der Waals surface area contributed by atoms with Crippen molar-refractivity contribution in [2.75, 3.05) is 0 Å². The molecule has 0 heterocycles. The van der Waals surface area contributed by atoms with E-state index in [-0.39, 0.29) is 0 Å². The van der Waals surface area contributed by atoms with E-state index in [9.17, 15) is 4.79 Å². The molecule has 2 aromatic rings. The fourth-order valence-electron chi connectivity index (χ4n) is 2.54. The van der Waals surface area contributed by atoms with Crippen LogP contribution in [0.1, 0.15) is 27.0 Å². The lowest BCUT2D eigenvalue weighted by Crippen LogP contribution is -1.97. The topological polar surface area (TPSA) is 26.3 Å². The van der Waals surface area contributed by atoms with E-state index in [1.165, 1.54) is 16.7 Å². The predicted molar refractivity (Wildman–Crippen MR) is 107 cm³/mol. The average Bonchev–Trinajstić information content (AvgIpc) is 2.57. The Bertz CT molecular complexity index is 812. The first-order chi connectivity index (χ1) is 12.0. The van der Waals surface area contributed by atoms with Crippen LogP contribution in [0.5, 0.6) is 5.75 Å². The number of carbonyl (C=O) groups is 1. The molecule has 0 N–H and O–H groups in total. The molecule has 2 nitrogen and oxygen atoms in total. The first-order valence-electron chi connectivity index (χ1n) is 8.01. The number of allylic oxidation sites excluding steroid dienone is 4. The van der Waals surface area contributed by atoms with Crippen molar-refractivity contribution in [1.82, 2.24) is 0 Å². The Hall–Kier alpha value is -2.39. The maximum atomic E-state index is 11.3. The fraction of sp³-hybridized carbons (Fsp3) is 0.136. The van der Waals surface area contributed by atoms with E-state index in [4.69, 9.17) is 4.74 Å². The Labute approximate surface area is 157 Å². The van der Waals surface area contributed by atoms with Crippen LogP contribution in [0.4, 0.5) is 0 Å². The Kier molecular flexibility index (Phi) is 6.96. The second kappa shape index (κ2) is 9.19. The quantitative estimate of drug-likeness (QED) is 0.319. The van der Waals surface area contributed by atoms with Gasteiger partial charge in [-0.05, 0) is 56.2 Å². The molecule has 3 heteroatoms. The first-order valence-corrected chi connectivity index (χ1v) is 8.80. The number of hydrogen-bond donors (Lipinski definition) is 0. The number of aryl methyl sites for hydroxylation is 2. The molecule has 0 aliphatic rings. The molecule has 0 fully saturated rings. The van der Waals surface area contributed by atoms with Gasteiger partial charge < -0.3 is 4.74 Å². The zero-order chi connectivity index (χ0) is 18.2. The van der Waals surface area contributed by atoms with Crippen molar-refractivity contribution in [3.05, 3.63) is 99.8 Å². The number of aldehydes is 1. The fourth-order valence-corrected chi connectivity index (χ4v) is 2.92. The minimum Gasteiger partial charge on any atom is -0.457 e. The van der Waals surface area contributed by atoms with E-state index in [2.05, 4.69) is 54.6 Å². The van der Waals surface area contributed by atoms with Gasteiger partial charge in [-0.15, -0.1) is 0 Å². The monoisotopic (exact) mass is 396 g/mol. The van der Waals surface area contributed by atoms with Crippen molar-refractivity contribution in [2.45, 2.75) is 20.3 Å². The summed E-state index contributed by atoms with van der Waals surface area (Å²) in [5.74, 6) is 1.20. The minimum absolute atomic E-state index is 0.499. The molecule has 2 rings (SSSR count). The van der Waals surface area contributed by atoms with Crippen LogP contribution in [0, 0.1) is 13.8 Å². The molecule has 0 bridgehead atoms. The highest BCUT2D eigenvalue weighted by Gasteiger charge is 2.06. The maximum Gasteiger partial charge on any atom is 0.153 e. The number of ether oxygens (including phenoxy) is 1. The highest BCUT2D eigenvalue weighted by Crippen LogP contribution is 2.24. The molecule has 0 amide bonds. The van der Waals surface area contributed by atoms with E-state index in [1.54, 1.807) is 18.2 Å². The summed E-state index contributed by atoms with van der Waals surface area (Å²) in [6.07, 6.45) is 8.88. The van der Waals surface area contributed by atoms with Gasteiger partial charge in [-0.3, -0.25) is 4.79 Å². The molecule has 0 spiro atoms. The van der Waals surface area contributed by atoms with Gasteiger partial charge in [-0.25, -0.2) is 0 Å². The predicted octanol–water partition coefficient (Wildman–Crippen LogP) is 6.13. The molecular formula is C22H21BrO2. The van der Waals surface area contributed by atoms with Crippen molar-refractivity contribution in [3.63, 3.8) is 0 Å². The lowest BCUT2D eigenvalue weighted by molar-refractivity contribution is 0.112. The number of hydrogen-bond acceptors (Lipinski definition) is 2. The minimum atomic E-state index is 0.499. The van der Waals surface area contributed by atoms with E-state index >= 15 is 0 Å². The molecular weight excluding hydrogens is 376 g/mol.